The normalized spacial score (nSPS) is 14.9. The molecule has 0 radical (unpaired) electrons. The van der Waals surface area contributed by atoms with Crippen LogP contribution in [0.3, 0.4) is 0 Å². The van der Waals surface area contributed by atoms with E-state index in [0.29, 0.717) is 16.8 Å². The summed E-state index contributed by atoms with van der Waals surface area (Å²) in [6.45, 7) is 3.15. The van der Waals surface area contributed by atoms with Gasteiger partial charge in [-0.1, -0.05) is 0 Å². The Hall–Kier alpha value is -2.44. The van der Waals surface area contributed by atoms with E-state index in [4.69, 9.17) is 0 Å². The highest BCUT2D eigenvalue weighted by molar-refractivity contribution is 6.20. The average Bonchev–Trinajstić information content (AvgIpc) is 2.61. The summed E-state index contributed by atoms with van der Waals surface area (Å²) in [6, 6.07) is 2.34. The summed E-state index contributed by atoms with van der Waals surface area (Å²) in [7, 11) is 0. The molecule has 1 aliphatic rings. The van der Waals surface area contributed by atoms with Crippen molar-refractivity contribution in [3.05, 3.63) is 33.4 Å². The fraction of sp³-hybridized carbons (Fsp3) is 0.273. The van der Waals surface area contributed by atoms with Crippen molar-refractivity contribution in [2.75, 3.05) is 11.4 Å². The minimum atomic E-state index is -0.503. The summed E-state index contributed by atoms with van der Waals surface area (Å²) in [6.07, 6.45) is 0. The van der Waals surface area contributed by atoms with Crippen LogP contribution in [0.25, 0.3) is 0 Å². The molecule has 0 atom stereocenters. The van der Waals surface area contributed by atoms with Crippen molar-refractivity contribution in [3.63, 3.8) is 0 Å². The number of carbonyl (C=O) groups excluding carboxylic acids is 2. The molecule has 2 rings (SSSR count). The number of hydrogen-bond acceptors (Lipinski definition) is 4. The summed E-state index contributed by atoms with van der Waals surface area (Å²) >= 11 is 0. The van der Waals surface area contributed by atoms with Crippen LogP contribution in [0, 0.1) is 24.0 Å². The first-order valence-corrected chi connectivity index (χ1v) is 5.28. The molecule has 0 aliphatic carbocycles. The average molecular weight is 249 g/mol. The Balaban J connectivity index is 2.53. The zero-order valence-electron chi connectivity index (χ0n) is 9.89. The molecule has 0 bridgehead atoms. The first kappa shape index (κ1) is 12.0. The third-order valence-electron chi connectivity index (χ3n) is 2.80. The largest absolute Gasteiger partial charge is 0.329 e. The Bertz CT molecular complexity index is 552. The van der Waals surface area contributed by atoms with E-state index in [1.54, 1.807) is 13.8 Å². The van der Waals surface area contributed by atoms with E-state index in [-0.39, 0.29) is 18.1 Å². The van der Waals surface area contributed by atoms with Gasteiger partial charge in [0.2, 0.25) is 0 Å². The summed E-state index contributed by atoms with van der Waals surface area (Å²) in [5.74, 6) is -0.364. The fourth-order valence-corrected chi connectivity index (χ4v) is 1.89. The molecule has 0 saturated carbocycles. The van der Waals surface area contributed by atoms with Crippen LogP contribution >= 0.6 is 0 Å². The molecule has 1 aromatic carbocycles. The van der Waals surface area contributed by atoms with Crippen LogP contribution in [0.2, 0.25) is 0 Å². The van der Waals surface area contributed by atoms with Crippen LogP contribution in [0.15, 0.2) is 12.1 Å². The van der Waals surface area contributed by atoms with Crippen molar-refractivity contribution in [3.8, 4) is 0 Å². The van der Waals surface area contributed by atoms with Crippen LogP contribution in [0.5, 0.6) is 0 Å². The van der Waals surface area contributed by atoms with Gasteiger partial charge in [-0.2, -0.15) is 0 Å². The monoisotopic (exact) mass is 249 g/mol. The third-order valence-corrected chi connectivity index (χ3v) is 2.80. The van der Waals surface area contributed by atoms with Gasteiger partial charge >= 0.3 is 6.03 Å². The Labute approximate surface area is 103 Å². The van der Waals surface area contributed by atoms with E-state index < -0.39 is 11.0 Å². The molecule has 7 nitrogen and oxygen atoms in total. The number of nitro groups is 1. The van der Waals surface area contributed by atoms with Gasteiger partial charge < -0.3 is 5.32 Å². The number of rotatable bonds is 2. The molecule has 0 unspecified atom stereocenters. The lowest BCUT2D eigenvalue weighted by Crippen LogP contribution is -2.31. The van der Waals surface area contributed by atoms with Crippen molar-refractivity contribution in [1.82, 2.24) is 5.32 Å². The molecule has 94 valence electrons. The van der Waals surface area contributed by atoms with E-state index in [1.807, 2.05) is 0 Å². The molecule has 1 N–H and O–H groups in total. The van der Waals surface area contributed by atoms with Gasteiger partial charge in [-0.3, -0.25) is 14.9 Å². The molecule has 1 saturated heterocycles. The number of carbonyl (C=O) groups is 2. The van der Waals surface area contributed by atoms with E-state index in [1.165, 1.54) is 12.1 Å². The fourth-order valence-electron chi connectivity index (χ4n) is 1.89. The van der Waals surface area contributed by atoms with Crippen LogP contribution in [-0.2, 0) is 4.79 Å². The summed E-state index contributed by atoms with van der Waals surface area (Å²) in [5.41, 5.74) is 1.28. The maximum atomic E-state index is 11.6. The molecule has 1 fully saturated rings. The quantitative estimate of drug-likeness (QED) is 0.485. The van der Waals surface area contributed by atoms with Gasteiger partial charge in [0.05, 0.1) is 17.2 Å². The Morgan fingerprint density at radius 1 is 1.28 bits per heavy atom. The lowest BCUT2D eigenvalue weighted by molar-refractivity contribution is -0.385. The van der Waals surface area contributed by atoms with Crippen LogP contribution < -0.4 is 10.2 Å². The van der Waals surface area contributed by atoms with Crippen molar-refractivity contribution in [2.24, 2.45) is 0 Å². The number of amides is 3. The highest BCUT2D eigenvalue weighted by atomic mass is 16.6. The number of nitrogens with one attached hydrogen (secondary N) is 1. The van der Waals surface area contributed by atoms with Crippen molar-refractivity contribution in [2.45, 2.75) is 13.8 Å². The second kappa shape index (κ2) is 4.10. The SMILES string of the molecule is Cc1cc([N+](=O)[O-])c(C)cc1N1C(=O)CNC1=O. The smallest absolute Gasteiger partial charge is 0.328 e. The predicted octanol–water partition coefficient (Wildman–Crippen LogP) is 1.27. The molecule has 0 spiro atoms. The number of hydrogen-bond donors (Lipinski definition) is 1. The molecule has 0 aromatic heterocycles. The van der Waals surface area contributed by atoms with E-state index in [0.717, 1.165) is 4.90 Å². The topological polar surface area (TPSA) is 92.6 Å². The third kappa shape index (κ3) is 1.79. The first-order valence-electron chi connectivity index (χ1n) is 5.28. The van der Waals surface area contributed by atoms with Gasteiger partial charge in [-0.05, 0) is 25.5 Å². The van der Waals surface area contributed by atoms with E-state index in [9.17, 15) is 19.7 Å². The molecule has 1 aliphatic heterocycles. The molecular weight excluding hydrogens is 238 g/mol. The van der Waals surface area contributed by atoms with Gasteiger partial charge in [0.1, 0.15) is 0 Å². The molecular formula is C11H11N3O4. The summed E-state index contributed by atoms with van der Waals surface area (Å²) < 4.78 is 0. The number of benzene rings is 1. The number of aryl methyl sites for hydroxylation is 2. The van der Waals surface area contributed by atoms with Crippen molar-refractivity contribution >= 4 is 23.3 Å². The lowest BCUT2D eigenvalue weighted by Gasteiger charge is -2.15. The molecule has 3 amide bonds. The summed E-state index contributed by atoms with van der Waals surface area (Å²) in [5, 5.41) is 13.2. The van der Waals surface area contributed by atoms with Crippen LogP contribution in [0.1, 0.15) is 11.1 Å². The first-order chi connectivity index (χ1) is 8.41. The Morgan fingerprint density at radius 3 is 2.44 bits per heavy atom. The minimum absolute atomic E-state index is 0.0247. The van der Waals surface area contributed by atoms with Gasteiger partial charge in [-0.25, -0.2) is 9.69 Å². The Morgan fingerprint density at radius 2 is 1.94 bits per heavy atom. The zero-order valence-corrected chi connectivity index (χ0v) is 9.89. The van der Waals surface area contributed by atoms with Crippen molar-refractivity contribution in [1.29, 1.82) is 0 Å². The molecule has 1 aromatic rings. The number of imide groups is 1. The van der Waals surface area contributed by atoms with E-state index >= 15 is 0 Å². The minimum Gasteiger partial charge on any atom is -0.328 e. The zero-order chi connectivity index (χ0) is 13.4. The van der Waals surface area contributed by atoms with Crippen LogP contribution in [-0.4, -0.2) is 23.4 Å². The second-order valence-electron chi connectivity index (χ2n) is 4.07. The maximum absolute atomic E-state index is 11.6. The van der Waals surface area contributed by atoms with Gasteiger partial charge in [0.25, 0.3) is 11.6 Å². The highest BCUT2D eigenvalue weighted by Crippen LogP contribution is 2.29. The Kier molecular flexibility index (Phi) is 2.74. The maximum Gasteiger partial charge on any atom is 0.329 e. The molecule has 1 heterocycles. The number of anilines is 1. The molecule has 18 heavy (non-hydrogen) atoms. The highest BCUT2D eigenvalue weighted by Gasteiger charge is 2.32. The number of nitrogens with zero attached hydrogens (tertiary/aromatic N) is 2. The van der Waals surface area contributed by atoms with Gasteiger partial charge in [0, 0.05) is 11.6 Å². The second-order valence-corrected chi connectivity index (χ2v) is 4.07. The predicted molar refractivity (Wildman–Crippen MR) is 63.5 cm³/mol. The number of urea groups is 1. The van der Waals surface area contributed by atoms with Gasteiger partial charge in [-0.15, -0.1) is 0 Å². The van der Waals surface area contributed by atoms with E-state index in [2.05, 4.69) is 5.32 Å². The molecule has 7 heteroatoms. The lowest BCUT2D eigenvalue weighted by atomic mass is 10.1. The summed E-state index contributed by atoms with van der Waals surface area (Å²) in [4.78, 5) is 34.4. The standard InChI is InChI=1S/C11H11N3O4/c1-6-4-9(14(17)18)7(2)3-8(6)13-10(15)5-12-11(13)16/h3-4H,5H2,1-2H3,(H,12,16). The number of nitro benzene ring substituents is 1. The van der Waals surface area contributed by atoms with Crippen LogP contribution in [0.4, 0.5) is 16.2 Å². The van der Waals surface area contributed by atoms with Gasteiger partial charge in [0.15, 0.2) is 0 Å². The van der Waals surface area contributed by atoms with Crippen molar-refractivity contribution < 1.29 is 14.5 Å².